The zero-order valence-corrected chi connectivity index (χ0v) is 15.1. The highest BCUT2D eigenvalue weighted by atomic mass is 16.5. The van der Waals surface area contributed by atoms with Crippen LogP contribution in [-0.4, -0.2) is 43.6 Å². The van der Waals surface area contributed by atoms with Crippen molar-refractivity contribution in [1.29, 1.82) is 0 Å². The van der Waals surface area contributed by atoms with Crippen LogP contribution >= 0.6 is 0 Å². The summed E-state index contributed by atoms with van der Waals surface area (Å²) in [7, 11) is 1.68. The Labute approximate surface area is 145 Å². The van der Waals surface area contributed by atoms with E-state index in [2.05, 4.69) is 36.2 Å². The first-order chi connectivity index (χ1) is 11.5. The quantitative estimate of drug-likeness (QED) is 0.766. The van der Waals surface area contributed by atoms with Crippen LogP contribution in [0.15, 0.2) is 24.3 Å². The third-order valence-electron chi connectivity index (χ3n) is 4.59. The summed E-state index contributed by atoms with van der Waals surface area (Å²) in [5.74, 6) is 1.20. The molecule has 0 spiro atoms. The van der Waals surface area contributed by atoms with E-state index in [0.717, 1.165) is 18.8 Å². The van der Waals surface area contributed by atoms with Crippen LogP contribution in [0.2, 0.25) is 0 Å². The lowest BCUT2D eigenvalue weighted by molar-refractivity contribution is -0.122. The lowest BCUT2D eigenvalue weighted by atomic mass is 10.0. The summed E-state index contributed by atoms with van der Waals surface area (Å²) < 4.78 is 5.35. The average molecular weight is 333 g/mol. The maximum Gasteiger partial charge on any atom is 0.236 e. The molecule has 1 aliphatic heterocycles. The fourth-order valence-electron chi connectivity index (χ4n) is 3.30. The molecule has 0 radical (unpaired) electrons. The molecule has 1 aliphatic rings. The number of methoxy groups -OCH3 is 1. The number of amides is 1. The number of nitrogens with one attached hydrogen (secondary N) is 1. The molecule has 0 saturated carbocycles. The highest BCUT2D eigenvalue weighted by Gasteiger charge is 2.25. The van der Waals surface area contributed by atoms with Gasteiger partial charge < -0.3 is 15.8 Å². The molecule has 1 unspecified atom stereocenters. The highest BCUT2D eigenvalue weighted by molar-refractivity contribution is 5.81. The Morgan fingerprint density at radius 3 is 2.67 bits per heavy atom. The molecule has 1 aromatic carbocycles. The van der Waals surface area contributed by atoms with Gasteiger partial charge in [-0.1, -0.05) is 26.0 Å². The van der Waals surface area contributed by atoms with Crippen LogP contribution in [0.1, 0.15) is 44.7 Å². The summed E-state index contributed by atoms with van der Waals surface area (Å²) in [6.45, 7) is 6.87. The van der Waals surface area contributed by atoms with Crippen LogP contribution in [-0.2, 0) is 4.79 Å². The molecule has 134 valence electrons. The van der Waals surface area contributed by atoms with Gasteiger partial charge in [-0.3, -0.25) is 9.69 Å². The molecule has 24 heavy (non-hydrogen) atoms. The van der Waals surface area contributed by atoms with Gasteiger partial charge in [0.1, 0.15) is 5.75 Å². The highest BCUT2D eigenvalue weighted by Crippen LogP contribution is 2.27. The van der Waals surface area contributed by atoms with Crippen molar-refractivity contribution >= 4 is 5.91 Å². The first kappa shape index (κ1) is 18.7. The van der Waals surface area contributed by atoms with Crippen LogP contribution < -0.4 is 15.8 Å². The summed E-state index contributed by atoms with van der Waals surface area (Å²) >= 11 is 0. The molecule has 1 saturated heterocycles. The number of benzene rings is 1. The van der Waals surface area contributed by atoms with E-state index in [1.165, 1.54) is 18.4 Å². The van der Waals surface area contributed by atoms with E-state index in [1.54, 1.807) is 7.11 Å². The van der Waals surface area contributed by atoms with Gasteiger partial charge in [0.2, 0.25) is 5.91 Å². The number of nitrogens with zero attached hydrogens (tertiary/aromatic N) is 1. The Hall–Kier alpha value is -1.59. The summed E-state index contributed by atoms with van der Waals surface area (Å²) in [5.41, 5.74) is 7.17. The Morgan fingerprint density at radius 2 is 2.04 bits per heavy atom. The largest absolute Gasteiger partial charge is 0.497 e. The monoisotopic (exact) mass is 333 g/mol. The van der Waals surface area contributed by atoms with Crippen molar-refractivity contribution in [2.75, 3.05) is 26.7 Å². The third kappa shape index (κ3) is 5.21. The lowest BCUT2D eigenvalue weighted by Crippen LogP contribution is -2.45. The van der Waals surface area contributed by atoms with Crippen LogP contribution in [0.5, 0.6) is 5.75 Å². The van der Waals surface area contributed by atoms with Gasteiger partial charge in [-0.05, 0) is 56.0 Å². The van der Waals surface area contributed by atoms with E-state index < -0.39 is 6.04 Å². The number of carbonyl (C=O) groups is 1. The molecule has 2 rings (SSSR count). The van der Waals surface area contributed by atoms with E-state index in [9.17, 15) is 4.79 Å². The minimum absolute atomic E-state index is 0.0595. The molecule has 0 bridgehead atoms. The second-order valence-electron chi connectivity index (χ2n) is 7.02. The lowest BCUT2D eigenvalue weighted by Gasteiger charge is -2.29. The number of ether oxygens (including phenoxy) is 1. The van der Waals surface area contributed by atoms with Crippen LogP contribution in [0.4, 0.5) is 0 Å². The Bertz CT molecular complexity index is 527. The van der Waals surface area contributed by atoms with Crippen molar-refractivity contribution < 1.29 is 9.53 Å². The number of likely N-dealkylation sites (tertiary alicyclic amines) is 1. The zero-order chi connectivity index (χ0) is 17.5. The van der Waals surface area contributed by atoms with Gasteiger partial charge in [-0.15, -0.1) is 0 Å². The summed E-state index contributed by atoms with van der Waals surface area (Å²) in [6, 6.07) is 7.84. The average Bonchev–Trinajstić information content (AvgIpc) is 3.08. The minimum Gasteiger partial charge on any atom is -0.497 e. The summed E-state index contributed by atoms with van der Waals surface area (Å²) in [4.78, 5) is 14.7. The van der Waals surface area contributed by atoms with Crippen molar-refractivity contribution in [3.05, 3.63) is 29.8 Å². The second kappa shape index (κ2) is 9.04. The Kier molecular flexibility index (Phi) is 7.06. The number of nitrogens with two attached hydrogens (primary N) is 1. The molecular weight excluding hydrogens is 302 g/mol. The Morgan fingerprint density at radius 1 is 1.33 bits per heavy atom. The van der Waals surface area contributed by atoms with Crippen molar-refractivity contribution in [2.45, 2.75) is 45.2 Å². The van der Waals surface area contributed by atoms with Crippen LogP contribution in [0, 0.1) is 5.92 Å². The Balaban J connectivity index is 2.05. The molecule has 1 aromatic rings. The molecule has 5 nitrogen and oxygen atoms in total. The second-order valence-corrected chi connectivity index (χ2v) is 7.02. The van der Waals surface area contributed by atoms with Gasteiger partial charge >= 0.3 is 0 Å². The van der Waals surface area contributed by atoms with Crippen molar-refractivity contribution in [3.63, 3.8) is 0 Å². The normalized spacial score (nSPS) is 17.7. The number of hydrogen-bond donors (Lipinski definition) is 2. The van der Waals surface area contributed by atoms with Crippen LogP contribution in [0.3, 0.4) is 0 Å². The van der Waals surface area contributed by atoms with Gasteiger partial charge in [-0.2, -0.15) is 0 Å². The van der Waals surface area contributed by atoms with E-state index in [1.807, 2.05) is 12.1 Å². The maximum absolute atomic E-state index is 12.3. The van der Waals surface area contributed by atoms with E-state index in [4.69, 9.17) is 10.5 Å². The first-order valence-corrected chi connectivity index (χ1v) is 8.92. The van der Waals surface area contributed by atoms with Crippen molar-refractivity contribution in [3.8, 4) is 5.75 Å². The van der Waals surface area contributed by atoms with Gasteiger partial charge in [0.05, 0.1) is 19.2 Å². The number of hydrogen-bond acceptors (Lipinski definition) is 4. The molecular formula is C19H31N3O2. The molecule has 0 aromatic heterocycles. The fraction of sp³-hybridized carbons (Fsp3) is 0.632. The summed E-state index contributed by atoms with van der Waals surface area (Å²) in [6.07, 6.45) is 3.13. The van der Waals surface area contributed by atoms with E-state index >= 15 is 0 Å². The first-order valence-electron chi connectivity index (χ1n) is 8.92. The standard InChI is InChI=1S/C19H31N3O2/c1-14(2)11-17(20)19(23)21-13-18(22-9-4-5-10-22)15-7-6-8-16(12-15)24-3/h6-8,12,14,17-18H,4-5,9-11,13,20H2,1-3H3,(H,21,23)/t17-,18?/m0/s1. The zero-order valence-electron chi connectivity index (χ0n) is 15.1. The third-order valence-corrected chi connectivity index (χ3v) is 4.59. The SMILES string of the molecule is COc1cccc(C(CNC(=O)[C@@H](N)CC(C)C)N2CCCC2)c1. The summed E-state index contributed by atoms with van der Waals surface area (Å²) in [5, 5.41) is 3.05. The molecule has 1 heterocycles. The van der Waals surface area contributed by atoms with Crippen molar-refractivity contribution in [1.82, 2.24) is 10.2 Å². The van der Waals surface area contributed by atoms with E-state index in [0.29, 0.717) is 18.9 Å². The van der Waals surface area contributed by atoms with Gasteiger partial charge in [0, 0.05) is 6.54 Å². The predicted octanol–water partition coefficient (Wildman–Crippen LogP) is 2.32. The van der Waals surface area contributed by atoms with Gasteiger partial charge in [0.25, 0.3) is 0 Å². The molecule has 5 heteroatoms. The van der Waals surface area contributed by atoms with Gasteiger partial charge in [0.15, 0.2) is 0 Å². The molecule has 1 amide bonds. The number of rotatable bonds is 8. The predicted molar refractivity (Wildman–Crippen MR) is 97.0 cm³/mol. The van der Waals surface area contributed by atoms with Gasteiger partial charge in [-0.25, -0.2) is 0 Å². The maximum atomic E-state index is 12.3. The van der Waals surface area contributed by atoms with Crippen LogP contribution in [0.25, 0.3) is 0 Å². The smallest absolute Gasteiger partial charge is 0.236 e. The molecule has 1 fully saturated rings. The fourth-order valence-corrected chi connectivity index (χ4v) is 3.30. The molecule has 2 atom stereocenters. The number of carbonyl (C=O) groups excluding carboxylic acids is 1. The topological polar surface area (TPSA) is 67.6 Å². The van der Waals surface area contributed by atoms with Crippen molar-refractivity contribution in [2.24, 2.45) is 11.7 Å². The molecule has 0 aliphatic carbocycles. The molecule has 3 N–H and O–H groups in total. The van der Waals surface area contributed by atoms with E-state index in [-0.39, 0.29) is 11.9 Å². The minimum atomic E-state index is -0.436.